The largest absolute Gasteiger partial charge is 0.493 e. The fourth-order valence-corrected chi connectivity index (χ4v) is 2.90. The number of hydrogen-bond acceptors (Lipinski definition) is 4. The van der Waals surface area contributed by atoms with Gasteiger partial charge in [0.25, 0.3) is 5.56 Å². The predicted molar refractivity (Wildman–Crippen MR) is 98.1 cm³/mol. The van der Waals surface area contributed by atoms with Gasteiger partial charge in [-0.05, 0) is 31.9 Å². The average molecular weight is 340 g/mol. The van der Waals surface area contributed by atoms with E-state index >= 15 is 0 Å². The third-order valence-corrected chi connectivity index (χ3v) is 4.42. The van der Waals surface area contributed by atoms with Gasteiger partial charge < -0.3 is 4.74 Å². The van der Waals surface area contributed by atoms with Crippen LogP contribution in [0.3, 0.4) is 0 Å². The van der Waals surface area contributed by atoms with Crippen molar-refractivity contribution in [1.29, 1.82) is 0 Å². The molecule has 132 valence electrons. The number of hydrogen-bond donors (Lipinski definition) is 1. The minimum atomic E-state index is -0.277. The maximum Gasteiger partial charge on any atom is 0.299 e. The molecule has 6 heteroatoms. The lowest BCUT2D eigenvalue weighted by Crippen LogP contribution is -2.16. The summed E-state index contributed by atoms with van der Waals surface area (Å²) in [5, 5.41) is 3.26. The summed E-state index contributed by atoms with van der Waals surface area (Å²) in [5.41, 5.74) is 1.71. The van der Waals surface area contributed by atoms with E-state index in [1.54, 1.807) is 4.52 Å². The molecule has 0 aliphatic carbocycles. The van der Waals surface area contributed by atoms with Crippen LogP contribution >= 0.6 is 0 Å². The van der Waals surface area contributed by atoms with E-state index in [0.29, 0.717) is 35.3 Å². The van der Waals surface area contributed by atoms with Crippen LogP contribution in [0, 0.1) is 12.8 Å². The maximum atomic E-state index is 12.6. The Hall–Kier alpha value is -2.63. The van der Waals surface area contributed by atoms with Gasteiger partial charge in [0.1, 0.15) is 11.6 Å². The van der Waals surface area contributed by atoms with Crippen molar-refractivity contribution in [1.82, 2.24) is 19.6 Å². The first-order chi connectivity index (χ1) is 12.0. The van der Waals surface area contributed by atoms with Crippen molar-refractivity contribution < 1.29 is 4.74 Å². The number of rotatable bonds is 6. The molecule has 0 saturated heterocycles. The van der Waals surface area contributed by atoms with Crippen LogP contribution in [0.15, 0.2) is 29.1 Å². The Balaban J connectivity index is 2.19. The maximum absolute atomic E-state index is 12.6. The Kier molecular flexibility index (Phi) is 4.88. The molecule has 0 spiro atoms. The Morgan fingerprint density at radius 2 is 2.00 bits per heavy atom. The molecule has 0 aliphatic heterocycles. The number of aryl methyl sites for hydroxylation is 1. The van der Waals surface area contributed by atoms with Gasteiger partial charge in [-0.15, -0.1) is 0 Å². The number of benzene rings is 1. The second kappa shape index (κ2) is 7.09. The van der Waals surface area contributed by atoms with Gasteiger partial charge in [0.15, 0.2) is 11.3 Å². The Morgan fingerprint density at radius 1 is 1.24 bits per heavy atom. The number of aromatic nitrogens is 4. The zero-order chi connectivity index (χ0) is 18.0. The normalized spacial score (nSPS) is 12.5. The molecule has 25 heavy (non-hydrogen) atoms. The van der Waals surface area contributed by atoms with Gasteiger partial charge in [0.05, 0.1) is 17.9 Å². The molecule has 1 N–H and O–H groups in total. The number of aromatic amines is 1. The molecule has 0 amide bonds. The zero-order valence-corrected chi connectivity index (χ0v) is 15.2. The van der Waals surface area contributed by atoms with E-state index in [2.05, 4.69) is 28.9 Å². The Labute approximate surface area is 146 Å². The van der Waals surface area contributed by atoms with Crippen LogP contribution in [0.5, 0.6) is 5.75 Å². The molecule has 0 radical (unpaired) electrons. The molecule has 3 aromatic rings. The first kappa shape index (κ1) is 17.2. The zero-order valence-electron chi connectivity index (χ0n) is 15.2. The topological polar surface area (TPSA) is 72.3 Å². The lowest BCUT2D eigenvalue weighted by atomic mass is 10.1. The molecule has 6 nitrogen and oxygen atoms in total. The number of nitrogens with one attached hydrogen (secondary N) is 1. The molecule has 3 rings (SSSR count). The van der Waals surface area contributed by atoms with Crippen molar-refractivity contribution in [2.24, 2.45) is 5.92 Å². The third-order valence-electron chi connectivity index (χ3n) is 4.42. The number of H-pyrrole nitrogens is 1. The summed E-state index contributed by atoms with van der Waals surface area (Å²) in [4.78, 5) is 21.4. The van der Waals surface area contributed by atoms with Crippen LogP contribution in [0.4, 0.5) is 0 Å². The summed E-state index contributed by atoms with van der Waals surface area (Å²) in [5.74, 6) is 2.54. The number of nitrogens with zero attached hydrogens (tertiary/aromatic N) is 3. The van der Waals surface area contributed by atoms with E-state index in [4.69, 9.17) is 4.74 Å². The SMILES string of the molecule is CCOc1ccccc1-c1nc(=O)c2c(C)nc(CC(C)CC)n2[nH]1. The molecule has 0 fully saturated rings. The summed E-state index contributed by atoms with van der Waals surface area (Å²) in [7, 11) is 0. The molecule has 0 bridgehead atoms. The molecular formula is C19H24N4O2. The fraction of sp³-hybridized carbons (Fsp3) is 0.421. The number of fused-ring (bicyclic) bond motifs is 1. The minimum Gasteiger partial charge on any atom is -0.493 e. The highest BCUT2D eigenvalue weighted by atomic mass is 16.5. The van der Waals surface area contributed by atoms with Crippen molar-refractivity contribution in [3.63, 3.8) is 0 Å². The van der Waals surface area contributed by atoms with Gasteiger partial charge in [-0.2, -0.15) is 4.98 Å². The molecule has 2 heterocycles. The monoisotopic (exact) mass is 340 g/mol. The lowest BCUT2D eigenvalue weighted by molar-refractivity contribution is 0.341. The molecular weight excluding hydrogens is 316 g/mol. The van der Waals surface area contributed by atoms with Gasteiger partial charge in [-0.3, -0.25) is 9.89 Å². The van der Waals surface area contributed by atoms with E-state index < -0.39 is 0 Å². The Morgan fingerprint density at radius 3 is 2.72 bits per heavy atom. The minimum absolute atomic E-state index is 0.277. The summed E-state index contributed by atoms with van der Waals surface area (Å²) in [6, 6.07) is 7.58. The van der Waals surface area contributed by atoms with Crippen LogP contribution in [-0.4, -0.2) is 26.2 Å². The van der Waals surface area contributed by atoms with Crippen LogP contribution < -0.4 is 10.3 Å². The number of imidazole rings is 1. The number of ether oxygens (including phenoxy) is 1. The van der Waals surface area contributed by atoms with Crippen molar-refractivity contribution in [3.05, 3.63) is 46.1 Å². The average Bonchev–Trinajstić information content (AvgIpc) is 2.91. The van der Waals surface area contributed by atoms with Gasteiger partial charge >= 0.3 is 0 Å². The van der Waals surface area contributed by atoms with E-state index in [1.165, 1.54) is 0 Å². The highest BCUT2D eigenvalue weighted by Crippen LogP contribution is 2.27. The third kappa shape index (κ3) is 3.29. The van der Waals surface area contributed by atoms with Crippen molar-refractivity contribution in [2.75, 3.05) is 6.61 Å². The first-order valence-corrected chi connectivity index (χ1v) is 8.75. The molecule has 1 unspecified atom stereocenters. The van der Waals surface area contributed by atoms with E-state index in [1.807, 2.05) is 38.1 Å². The van der Waals surface area contributed by atoms with E-state index in [9.17, 15) is 4.79 Å². The Bertz CT molecular complexity index is 942. The molecule has 0 saturated carbocycles. The van der Waals surface area contributed by atoms with Crippen LogP contribution in [0.25, 0.3) is 16.9 Å². The van der Waals surface area contributed by atoms with Gasteiger partial charge in [0.2, 0.25) is 0 Å². The quantitative estimate of drug-likeness (QED) is 0.746. The summed E-state index contributed by atoms with van der Waals surface area (Å²) in [6.45, 7) is 8.66. The first-order valence-electron chi connectivity index (χ1n) is 8.75. The van der Waals surface area contributed by atoms with Crippen molar-refractivity contribution in [3.8, 4) is 17.1 Å². The molecule has 1 atom stereocenters. The molecule has 1 aromatic carbocycles. The lowest BCUT2D eigenvalue weighted by Gasteiger charge is -2.11. The fourth-order valence-electron chi connectivity index (χ4n) is 2.90. The van der Waals surface area contributed by atoms with Crippen LogP contribution in [0.2, 0.25) is 0 Å². The second-order valence-electron chi connectivity index (χ2n) is 6.32. The summed E-state index contributed by atoms with van der Waals surface area (Å²) < 4.78 is 7.46. The van der Waals surface area contributed by atoms with Crippen LogP contribution in [0.1, 0.15) is 38.7 Å². The van der Waals surface area contributed by atoms with E-state index in [0.717, 1.165) is 24.2 Å². The van der Waals surface area contributed by atoms with Crippen molar-refractivity contribution in [2.45, 2.75) is 40.5 Å². The highest BCUT2D eigenvalue weighted by Gasteiger charge is 2.17. The van der Waals surface area contributed by atoms with Gasteiger partial charge in [-0.25, -0.2) is 9.50 Å². The van der Waals surface area contributed by atoms with Crippen LogP contribution in [-0.2, 0) is 6.42 Å². The standard InChI is InChI=1S/C19H24N4O2/c1-5-12(3)11-16-20-13(4)17-19(24)21-18(22-23(16)17)14-9-7-8-10-15(14)25-6-2/h7-10,12H,5-6,11H2,1-4H3,(H,21,22,24). The van der Waals surface area contributed by atoms with Crippen molar-refractivity contribution >= 4 is 5.52 Å². The molecule has 0 aliphatic rings. The summed E-state index contributed by atoms with van der Waals surface area (Å²) >= 11 is 0. The smallest absolute Gasteiger partial charge is 0.299 e. The highest BCUT2D eigenvalue weighted by molar-refractivity contribution is 5.64. The number of para-hydroxylation sites is 1. The second-order valence-corrected chi connectivity index (χ2v) is 6.32. The predicted octanol–water partition coefficient (Wildman–Crippen LogP) is 3.38. The van der Waals surface area contributed by atoms with Gasteiger partial charge in [-0.1, -0.05) is 32.4 Å². The summed E-state index contributed by atoms with van der Waals surface area (Å²) in [6.07, 6.45) is 1.86. The van der Waals surface area contributed by atoms with E-state index in [-0.39, 0.29) is 5.56 Å². The molecule has 2 aromatic heterocycles. The van der Waals surface area contributed by atoms with Gasteiger partial charge in [0, 0.05) is 6.42 Å².